The van der Waals surface area contributed by atoms with E-state index < -0.39 is 5.97 Å². The van der Waals surface area contributed by atoms with Crippen molar-refractivity contribution in [1.29, 1.82) is 0 Å². The van der Waals surface area contributed by atoms with E-state index in [1.165, 1.54) is 0 Å². The average Bonchev–Trinajstić information content (AvgIpc) is 3.29. The fourth-order valence-electron chi connectivity index (χ4n) is 3.35. The van der Waals surface area contributed by atoms with Gasteiger partial charge < -0.3 is 14.7 Å². The number of ether oxygens (including phenoxy) is 1. The lowest BCUT2D eigenvalue weighted by Crippen LogP contribution is -2.40. The summed E-state index contributed by atoms with van der Waals surface area (Å²) in [5.74, 6) is -0.125. The van der Waals surface area contributed by atoms with Crippen molar-refractivity contribution < 1.29 is 19.4 Å². The minimum atomic E-state index is -0.757. The number of carbonyl (C=O) groups excluding carboxylic acids is 1. The van der Waals surface area contributed by atoms with Crippen molar-refractivity contribution in [2.75, 3.05) is 20.2 Å². The zero-order valence-electron chi connectivity index (χ0n) is 11.2. The van der Waals surface area contributed by atoms with Gasteiger partial charge in [-0.1, -0.05) is 0 Å². The van der Waals surface area contributed by atoms with Crippen molar-refractivity contribution in [2.24, 2.45) is 23.7 Å². The van der Waals surface area contributed by atoms with Gasteiger partial charge in [-0.25, -0.2) is 0 Å². The Hall–Kier alpha value is -1.10. The van der Waals surface area contributed by atoms with Gasteiger partial charge in [0.1, 0.15) is 6.10 Å². The minimum absolute atomic E-state index is 0.000556. The molecule has 0 aromatic heterocycles. The third kappa shape index (κ3) is 2.48. The maximum atomic E-state index is 12.4. The van der Waals surface area contributed by atoms with Crippen LogP contribution in [0.4, 0.5) is 0 Å². The van der Waals surface area contributed by atoms with Gasteiger partial charge >= 0.3 is 5.97 Å². The molecule has 5 heteroatoms. The minimum Gasteiger partial charge on any atom is -0.481 e. The fraction of sp³-hybridized carbons (Fsp3) is 0.857. The van der Waals surface area contributed by atoms with Gasteiger partial charge in [0.05, 0.1) is 5.92 Å². The van der Waals surface area contributed by atoms with Crippen LogP contribution in [0, 0.1) is 23.7 Å². The quantitative estimate of drug-likeness (QED) is 0.806. The zero-order chi connectivity index (χ0) is 13.6. The van der Waals surface area contributed by atoms with Crippen LogP contribution >= 0.6 is 0 Å². The number of aliphatic carboxylic acids is 1. The van der Waals surface area contributed by atoms with E-state index in [-0.39, 0.29) is 23.8 Å². The second-order valence-corrected chi connectivity index (χ2v) is 6.18. The van der Waals surface area contributed by atoms with Gasteiger partial charge in [0.15, 0.2) is 0 Å². The predicted octanol–water partition coefficient (Wildman–Crippen LogP) is 0.981. The molecule has 2 aliphatic carbocycles. The smallest absolute Gasteiger partial charge is 0.308 e. The number of carboxylic acid groups (broad SMARTS) is 1. The Bertz CT molecular complexity index is 389. The Kier molecular flexibility index (Phi) is 3.25. The second-order valence-electron chi connectivity index (χ2n) is 6.18. The van der Waals surface area contributed by atoms with Gasteiger partial charge in [0.25, 0.3) is 5.91 Å². The summed E-state index contributed by atoms with van der Waals surface area (Å²) < 4.78 is 5.32. The molecule has 2 saturated carbocycles. The van der Waals surface area contributed by atoms with Crippen molar-refractivity contribution in [3.63, 3.8) is 0 Å². The monoisotopic (exact) mass is 267 g/mol. The van der Waals surface area contributed by atoms with Crippen molar-refractivity contribution in [3.05, 3.63) is 0 Å². The van der Waals surface area contributed by atoms with Gasteiger partial charge in [-0.05, 0) is 43.4 Å². The number of methoxy groups -OCH3 is 1. The summed E-state index contributed by atoms with van der Waals surface area (Å²) in [6.07, 6.45) is 3.98. The number of rotatable bonds is 5. The topological polar surface area (TPSA) is 66.8 Å². The lowest BCUT2D eigenvalue weighted by atomic mass is 9.92. The first-order valence-corrected chi connectivity index (χ1v) is 7.16. The Morgan fingerprint density at radius 3 is 2.37 bits per heavy atom. The van der Waals surface area contributed by atoms with Crippen molar-refractivity contribution >= 4 is 11.9 Å². The zero-order valence-corrected chi connectivity index (χ0v) is 11.2. The molecule has 1 saturated heterocycles. The van der Waals surface area contributed by atoms with E-state index in [0.29, 0.717) is 24.9 Å². The van der Waals surface area contributed by atoms with Crippen molar-refractivity contribution in [2.45, 2.75) is 31.8 Å². The lowest BCUT2D eigenvalue weighted by molar-refractivity contribution is -0.144. The standard InChI is InChI=1S/C14H21NO4/c1-19-12(9-4-5-9)13(16)15-6-10(8-2-3-8)11(7-15)14(17)18/h8-12H,2-7H2,1H3,(H,17,18)/t10-,11+,12?/m0/s1. The van der Waals surface area contributed by atoms with Crippen LogP contribution in [0.15, 0.2) is 0 Å². The highest BCUT2D eigenvalue weighted by Crippen LogP contribution is 2.44. The maximum Gasteiger partial charge on any atom is 0.308 e. The summed E-state index contributed by atoms with van der Waals surface area (Å²) in [5, 5.41) is 9.31. The number of nitrogens with zero attached hydrogens (tertiary/aromatic N) is 1. The Morgan fingerprint density at radius 1 is 1.21 bits per heavy atom. The molecule has 0 bridgehead atoms. The molecule has 3 aliphatic rings. The summed E-state index contributed by atoms with van der Waals surface area (Å²) in [6, 6.07) is 0. The van der Waals surface area contributed by atoms with Crippen LogP contribution in [-0.2, 0) is 14.3 Å². The molecule has 5 nitrogen and oxygen atoms in total. The first-order chi connectivity index (χ1) is 9.11. The summed E-state index contributed by atoms with van der Waals surface area (Å²) in [7, 11) is 1.57. The van der Waals surface area contributed by atoms with Gasteiger partial charge in [-0.3, -0.25) is 9.59 Å². The van der Waals surface area contributed by atoms with Gasteiger partial charge in [0.2, 0.25) is 0 Å². The molecule has 1 aliphatic heterocycles. The van der Waals surface area contributed by atoms with E-state index in [1.807, 2.05) is 0 Å². The van der Waals surface area contributed by atoms with E-state index in [2.05, 4.69) is 0 Å². The highest BCUT2D eigenvalue weighted by atomic mass is 16.5. The van der Waals surface area contributed by atoms with E-state index in [9.17, 15) is 14.7 Å². The van der Waals surface area contributed by atoms with Crippen LogP contribution < -0.4 is 0 Å². The number of carboxylic acids is 1. The lowest BCUT2D eigenvalue weighted by Gasteiger charge is -2.22. The highest BCUT2D eigenvalue weighted by Gasteiger charge is 2.49. The van der Waals surface area contributed by atoms with Crippen LogP contribution in [-0.4, -0.2) is 48.2 Å². The number of hydrogen-bond donors (Lipinski definition) is 1. The molecule has 19 heavy (non-hydrogen) atoms. The maximum absolute atomic E-state index is 12.4. The van der Waals surface area contributed by atoms with E-state index >= 15 is 0 Å². The summed E-state index contributed by atoms with van der Waals surface area (Å²) in [4.78, 5) is 25.5. The number of likely N-dealkylation sites (tertiary alicyclic amines) is 1. The number of amides is 1. The molecule has 1 amide bonds. The molecule has 0 spiro atoms. The summed E-state index contributed by atoms with van der Waals surface area (Å²) >= 11 is 0. The Balaban J connectivity index is 1.68. The second kappa shape index (κ2) is 4.78. The predicted molar refractivity (Wildman–Crippen MR) is 67.4 cm³/mol. The summed E-state index contributed by atoms with van der Waals surface area (Å²) in [6.45, 7) is 0.967. The largest absolute Gasteiger partial charge is 0.481 e. The third-order valence-corrected chi connectivity index (χ3v) is 4.77. The molecule has 1 heterocycles. The van der Waals surface area contributed by atoms with Crippen molar-refractivity contribution in [3.8, 4) is 0 Å². The molecule has 0 radical (unpaired) electrons. The van der Waals surface area contributed by atoms with Gasteiger partial charge in [-0.15, -0.1) is 0 Å². The van der Waals surface area contributed by atoms with E-state index in [1.54, 1.807) is 12.0 Å². The van der Waals surface area contributed by atoms with Crippen LogP contribution in [0.3, 0.4) is 0 Å². The molecular weight excluding hydrogens is 246 g/mol. The average molecular weight is 267 g/mol. The molecule has 1 unspecified atom stereocenters. The van der Waals surface area contributed by atoms with Crippen LogP contribution in [0.25, 0.3) is 0 Å². The molecule has 106 valence electrons. The van der Waals surface area contributed by atoms with Crippen molar-refractivity contribution in [1.82, 2.24) is 4.90 Å². The van der Waals surface area contributed by atoms with Gasteiger partial charge in [-0.2, -0.15) is 0 Å². The third-order valence-electron chi connectivity index (χ3n) is 4.77. The molecular formula is C14H21NO4. The first-order valence-electron chi connectivity index (χ1n) is 7.16. The van der Waals surface area contributed by atoms with Gasteiger partial charge in [0, 0.05) is 20.2 Å². The van der Waals surface area contributed by atoms with Crippen LogP contribution in [0.2, 0.25) is 0 Å². The number of hydrogen-bond acceptors (Lipinski definition) is 3. The first kappa shape index (κ1) is 12.9. The summed E-state index contributed by atoms with van der Waals surface area (Å²) in [5.41, 5.74) is 0. The molecule has 3 rings (SSSR count). The molecule has 3 fully saturated rings. The van der Waals surface area contributed by atoms with E-state index in [4.69, 9.17) is 4.74 Å². The molecule has 3 atom stereocenters. The molecule has 0 aromatic carbocycles. The normalized spacial score (nSPS) is 32.4. The molecule has 1 N–H and O–H groups in total. The number of carbonyl (C=O) groups is 2. The van der Waals surface area contributed by atoms with Crippen LogP contribution in [0.1, 0.15) is 25.7 Å². The highest BCUT2D eigenvalue weighted by molar-refractivity contribution is 5.83. The SMILES string of the molecule is COC(C(=O)N1C[C@@H](C(=O)O)[C@H](C2CC2)C1)C1CC1. The Labute approximate surface area is 112 Å². The Morgan fingerprint density at radius 2 is 1.89 bits per heavy atom. The molecule has 0 aromatic rings. The van der Waals surface area contributed by atoms with Crippen LogP contribution in [0.5, 0.6) is 0 Å². The fourth-order valence-corrected chi connectivity index (χ4v) is 3.35. The van der Waals surface area contributed by atoms with E-state index in [0.717, 1.165) is 25.7 Å².